The molecule has 0 aromatic carbocycles. The van der Waals surface area contributed by atoms with Crippen molar-refractivity contribution in [3.8, 4) is 0 Å². The molecule has 1 saturated carbocycles. The van der Waals surface area contributed by atoms with E-state index in [0.717, 1.165) is 41.4 Å². The molecule has 1 saturated heterocycles. The Balaban J connectivity index is 1.94. The second-order valence-electron chi connectivity index (χ2n) is 6.66. The van der Waals surface area contributed by atoms with E-state index in [2.05, 4.69) is 25.0 Å². The maximum absolute atomic E-state index is 12.4. The number of thiophene rings is 1. The summed E-state index contributed by atoms with van der Waals surface area (Å²) in [5, 5.41) is 1.21. The fourth-order valence-electron chi connectivity index (χ4n) is 2.82. The number of thioether (sulfide) groups is 1. The van der Waals surface area contributed by atoms with Crippen LogP contribution in [0.4, 0.5) is 10.7 Å². The first kappa shape index (κ1) is 14.3. The van der Waals surface area contributed by atoms with Crippen LogP contribution in [0.2, 0.25) is 0 Å². The maximum atomic E-state index is 12.4. The molecule has 2 N–H and O–H groups in total. The van der Waals surface area contributed by atoms with E-state index in [0.29, 0.717) is 5.41 Å². The Bertz CT molecular complexity index is 546. The number of hydrogen-bond acceptors (Lipinski definition) is 5. The quantitative estimate of drug-likeness (QED) is 0.677. The molecule has 3 nitrogen and oxygen atoms in total. The summed E-state index contributed by atoms with van der Waals surface area (Å²) in [6.07, 6.45) is 5.33. The zero-order valence-corrected chi connectivity index (χ0v) is 14.0. The Morgan fingerprint density at radius 1 is 1.45 bits per heavy atom. The van der Waals surface area contributed by atoms with Crippen molar-refractivity contribution in [1.82, 2.24) is 0 Å². The van der Waals surface area contributed by atoms with Crippen LogP contribution in [-0.4, -0.2) is 25.1 Å². The standard InChI is InChI=1S/C15H22N2OS2/c1-15(2)6-7-17(8-15)14-13(19-3)10(16)12(20-14)11(18)9-4-5-9/h9H,4-8,16H2,1-3H3. The number of nitrogen functional groups attached to an aromatic ring is 1. The van der Waals surface area contributed by atoms with Crippen molar-refractivity contribution < 1.29 is 4.79 Å². The lowest BCUT2D eigenvalue weighted by Crippen LogP contribution is -2.22. The summed E-state index contributed by atoms with van der Waals surface area (Å²) in [5.41, 5.74) is 7.34. The molecule has 1 aliphatic carbocycles. The molecule has 0 spiro atoms. The number of hydrogen-bond donors (Lipinski definition) is 1. The first-order valence-corrected chi connectivity index (χ1v) is 9.22. The summed E-state index contributed by atoms with van der Waals surface area (Å²) in [7, 11) is 0. The highest BCUT2D eigenvalue weighted by Gasteiger charge is 2.36. The highest BCUT2D eigenvalue weighted by Crippen LogP contribution is 2.48. The second-order valence-corrected chi connectivity index (χ2v) is 8.47. The lowest BCUT2D eigenvalue weighted by atomic mass is 9.93. The number of nitrogens with zero attached hydrogens (tertiary/aromatic N) is 1. The molecular weight excluding hydrogens is 288 g/mol. The van der Waals surface area contributed by atoms with E-state index in [-0.39, 0.29) is 11.7 Å². The van der Waals surface area contributed by atoms with Gasteiger partial charge in [-0.05, 0) is 30.9 Å². The van der Waals surface area contributed by atoms with Crippen LogP contribution in [0.3, 0.4) is 0 Å². The lowest BCUT2D eigenvalue weighted by molar-refractivity contribution is 0.0972. The summed E-state index contributed by atoms with van der Waals surface area (Å²) in [4.78, 5) is 16.7. The minimum Gasteiger partial charge on any atom is -0.396 e. The van der Waals surface area contributed by atoms with Crippen LogP contribution >= 0.6 is 23.1 Å². The molecule has 5 heteroatoms. The van der Waals surface area contributed by atoms with Crippen LogP contribution in [0.25, 0.3) is 0 Å². The predicted octanol–water partition coefficient (Wildman–Crippen LogP) is 3.88. The van der Waals surface area contributed by atoms with Crippen molar-refractivity contribution >= 4 is 39.6 Å². The number of carbonyl (C=O) groups is 1. The maximum Gasteiger partial charge on any atom is 0.178 e. The first-order valence-electron chi connectivity index (χ1n) is 7.18. The number of nitrogens with two attached hydrogens (primary N) is 1. The minimum atomic E-state index is 0.244. The summed E-state index contributed by atoms with van der Waals surface area (Å²) in [6.45, 7) is 6.73. The summed E-state index contributed by atoms with van der Waals surface area (Å²) in [5.74, 6) is 0.515. The summed E-state index contributed by atoms with van der Waals surface area (Å²) >= 11 is 3.29. The van der Waals surface area contributed by atoms with E-state index in [4.69, 9.17) is 5.73 Å². The Kier molecular flexibility index (Phi) is 3.53. The molecule has 1 aromatic rings. The van der Waals surface area contributed by atoms with Crippen molar-refractivity contribution in [2.24, 2.45) is 11.3 Å². The monoisotopic (exact) mass is 310 g/mol. The van der Waals surface area contributed by atoms with E-state index in [1.54, 1.807) is 23.1 Å². The number of carbonyl (C=O) groups excluding carboxylic acids is 1. The van der Waals surface area contributed by atoms with Crippen LogP contribution < -0.4 is 10.6 Å². The van der Waals surface area contributed by atoms with Crippen molar-refractivity contribution in [2.45, 2.75) is 38.0 Å². The zero-order valence-electron chi connectivity index (χ0n) is 12.4. The summed E-state index contributed by atoms with van der Waals surface area (Å²) in [6, 6.07) is 0. The van der Waals surface area contributed by atoms with Gasteiger partial charge in [-0.15, -0.1) is 23.1 Å². The highest BCUT2D eigenvalue weighted by atomic mass is 32.2. The fourth-order valence-corrected chi connectivity index (χ4v) is 5.05. The number of anilines is 2. The number of Topliss-reactive ketones (excluding diaryl/α,β-unsaturated/α-hetero) is 1. The van der Waals surface area contributed by atoms with E-state index in [9.17, 15) is 4.79 Å². The molecule has 3 rings (SSSR count). The Labute approximate surface area is 128 Å². The van der Waals surface area contributed by atoms with Gasteiger partial charge in [-0.2, -0.15) is 0 Å². The molecule has 110 valence electrons. The van der Waals surface area contributed by atoms with Gasteiger partial charge in [0.05, 0.1) is 15.5 Å². The molecule has 20 heavy (non-hydrogen) atoms. The Morgan fingerprint density at radius 3 is 2.65 bits per heavy atom. The zero-order chi connectivity index (χ0) is 14.5. The van der Waals surface area contributed by atoms with Gasteiger partial charge in [-0.1, -0.05) is 13.8 Å². The third-order valence-corrected chi connectivity index (χ3v) is 6.45. The molecule has 2 aliphatic rings. The van der Waals surface area contributed by atoms with Gasteiger partial charge in [0.1, 0.15) is 5.00 Å². The van der Waals surface area contributed by atoms with Crippen LogP contribution in [0.15, 0.2) is 4.90 Å². The van der Waals surface area contributed by atoms with Gasteiger partial charge in [0.15, 0.2) is 5.78 Å². The molecule has 1 aliphatic heterocycles. The molecule has 0 amide bonds. The van der Waals surface area contributed by atoms with E-state index >= 15 is 0 Å². The van der Waals surface area contributed by atoms with Gasteiger partial charge in [0.25, 0.3) is 0 Å². The second kappa shape index (κ2) is 4.95. The molecular formula is C15H22N2OS2. The normalized spacial score (nSPS) is 21.4. The topological polar surface area (TPSA) is 46.3 Å². The van der Waals surface area contributed by atoms with E-state index in [1.807, 2.05) is 0 Å². The van der Waals surface area contributed by atoms with Gasteiger partial charge < -0.3 is 10.6 Å². The van der Waals surface area contributed by atoms with Crippen LogP contribution in [0.5, 0.6) is 0 Å². The first-order chi connectivity index (χ1) is 9.43. The van der Waals surface area contributed by atoms with Crippen LogP contribution in [-0.2, 0) is 0 Å². The van der Waals surface area contributed by atoms with Crippen LogP contribution in [0.1, 0.15) is 42.8 Å². The number of rotatable bonds is 4. The minimum absolute atomic E-state index is 0.244. The molecule has 0 atom stereocenters. The SMILES string of the molecule is CSc1c(N2CCC(C)(C)C2)sc(C(=O)C2CC2)c1N. The Morgan fingerprint density at radius 2 is 2.15 bits per heavy atom. The van der Waals surface area contributed by atoms with Crippen molar-refractivity contribution in [1.29, 1.82) is 0 Å². The van der Waals surface area contributed by atoms with Gasteiger partial charge in [-0.25, -0.2) is 0 Å². The third kappa shape index (κ3) is 2.46. The molecule has 1 aromatic heterocycles. The molecule has 0 radical (unpaired) electrons. The smallest absolute Gasteiger partial charge is 0.178 e. The highest BCUT2D eigenvalue weighted by molar-refractivity contribution is 7.99. The molecule has 2 heterocycles. The number of ketones is 1. The van der Waals surface area contributed by atoms with E-state index in [1.165, 1.54) is 11.4 Å². The lowest BCUT2D eigenvalue weighted by Gasteiger charge is -2.21. The van der Waals surface area contributed by atoms with Gasteiger partial charge in [0, 0.05) is 19.0 Å². The van der Waals surface area contributed by atoms with Crippen molar-refractivity contribution in [3.05, 3.63) is 4.88 Å². The van der Waals surface area contributed by atoms with Gasteiger partial charge in [0.2, 0.25) is 0 Å². The van der Waals surface area contributed by atoms with Crippen molar-refractivity contribution in [3.63, 3.8) is 0 Å². The average Bonchev–Trinajstić information content (AvgIpc) is 3.10. The largest absolute Gasteiger partial charge is 0.396 e. The average molecular weight is 310 g/mol. The summed E-state index contributed by atoms with van der Waals surface area (Å²) < 4.78 is 0. The molecule has 0 unspecified atom stereocenters. The van der Waals surface area contributed by atoms with Crippen LogP contribution in [0, 0.1) is 11.3 Å². The van der Waals surface area contributed by atoms with Crippen molar-refractivity contribution in [2.75, 3.05) is 30.0 Å². The predicted molar refractivity (Wildman–Crippen MR) is 88.2 cm³/mol. The van der Waals surface area contributed by atoms with Gasteiger partial charge >= 0.3 is 0 Å². The van der Waals surface area contributed by atoms with Gasteiger partial charge in [-0.3, -0.25) is 4.79 Å². The van der Waals surface area contributed by atoms with E-state index < -0.39 is 0 Å². The Hall–Kier alpha value is -0.680. The molecule has 2 fully saturated rings. The molecule has 0 bridgehead atoms. The third-order valence-electron chi connectivity index (χ3n) is 4.22. The fraction of sp³-hybridized carbons (Fsp3) is 0.667.